The van der Waals surface area contributed by atoms with Crippen molar-refractivity contribution < 1.29 is 9.59 Å². The summed E-state index contributed by atoms with van der Waals surface area (Å²) in [5.41, 5.74) is 0. The van der Waals surface area contributed by atoms with Gasteiger partial charge in [0.1, 0.15) is 0 Å². The third kappa shape index (κ3) is 5.19. The minimum atomic E-state index is 0.761. The van der Waals surface area contributed by atoms with E-state index in [1.165, 1.54) is 16.3 Å². The van der Waals surface area contributed by atoms with E-state index in [2.05, 4.69) is 34.7 Å². The average Bonchev–Trinajstić information content (AvgIpc) is 3.10. The highest BCUT2D eigenvalue weighted by Gasteiger charge is 2.04. The fourth-order valence-electron chi connectivity index (χ4n) is 1.50. The van der Waals surface area contributed by atoms with Crippen molar-refractivity contribution >= 4 is 56.2 Å². The molecule has 0 saturated heterocycles. The Morgan fingerprint density at radius 3 is 1.90 bits per heavy atom. The second kappa shape index (κ2) is 9.05. The van der Waals surface area contributed by atoms with Gasteiger partial charge in [-0.25, -0.2) is 0 Å². The van der Waals surface area contributed by atoms with E-state index < -0.39 is 0 Å². The highest BCUT2D eigenvalue weighted by molar-refractivity contribution is 9.11. The molecule has 2 heterocycles. The normalized spacial score (nSPS) is 9.55. The number of thiophene rings is 2. The zero-order chi connectivity index (χ0) is 15.0. The SMILES string of the molecule is CCN(CC)c1ccc(C=O)s1.O=Cc1ccc(Br)s1. The van der Waals surface area contributed by atoms with Crippen LogP contribution in [0.3, 0.4) is 0 Å². The molecule has 0 N–H and O–H groups in total. The van der Waals surface area contributed by atoms with Crippen molar-refractivity contribution in [2.75, 3.05) is 18.0 Å². The van der Waals surface area contributed by atoms with Gasteiger partial charge < -0.3 is 4.90 Å². The van der Waals surface area contributed by atoms with Gasteiger partial charge in [0.05, 0.1) is 18.5 Å². The standard InChI is InChI=1S/C9H13NOS.C5H3BrOS/c1-3-10(4-2)9-6-5-8(7-11)12-9;6-5-2-1-4(3-7)8-5/h5-7H,3-4H2,1-2H3;1-3H. The summed E-state index contributed by atoms with van der Waals surface area (Å²) in [7, 11) is 0. The topological polar surface area (TPSA) is 37.4 Å². The van der Waals surface area contributed by atoms with E-state index in [-0.39, 0.29) is 0 Å². The van der Waals surface area contributed by atoms with Gasteiger partial charge in [-0.3, -0.25) is 9.59 Å². The first-order valence-electron chi connectivity index (χ1n) is 6.15. The van der Waals surface area contributed by atoms with Gasteiger partial charge in [0, 0.05) is 13.1 Å². The molecule has 0 aliphatic carbocycles. The van der Waals surface area contributed by atoms with E-state index in [1.807, 2.05) is 18.2 Å². The van der Waals surface area contributed by atoms with Crippen LogP contribution in [0, 0.1) is 0 Å². The van der Waals surface area contributed by atoms with E-state index in [4.69, 9.17) is 0 Å². The largest absolute Gasteiger partial charge is 0.364 e. The maximum atomic E-state index is 10.4. The monoisotopic (exact) mass is 373 g/mol. The van der Waals surface area contributed by atoms with Gasteiger partial charge in [0.2, 0.25) is 0 Å². The summed E-state index contributed by atoms with van der Waals surface area (Å²) < 4.78 is 1.000. The first kappa shape index (κ1) is 17.1. The molecule has 0 atom stereocenters. The summed E-state index contributed by atoms with van der Waals surface area (Å²) in [6.45, 7) is 6.22. The molecule has 108 valence electrons. The van der Waals surface area contributed by atoms with Crippen molar-refractivity contribution in [3.05, 3.63) is 37.8 Å². The number of carbonyl (C=O) groups excluding carboxylic acids is 2. The molecule has 6 heteroatoms. The van der Waals surface area contributed by atoms with Crippen molar-refractivity contribution in [1.82, 2.24) is 0 Å². The Labute approximate surface area is 135 Å². The van der Waals surface area contributed by atoms with Gasteiger partial charge >= 0.3 is 0 Å². The van der Waals surface area contributed by atoms with E-state index in [9.17, 15) is 9.59 Å². The van der Waals surface area contributed by atoms with Crippen LogP contribution in [0.2, 0.25) is 0 Å². The van der Waals surface area contributed by atoms with Gasteiger partial charge in [-0.2, -0.15) is 0 Å². The van der Waals surface area contributed by atoms with Crippen molar-refractivity contribution in [2.45, 2.75) is 13.8 Å². The van der Waals surface area contributed by atoms with E-state index >= 15 is 0 Å². The Balaban J connectivity index is 0.000000217. The summed E-state index contributed by atoms with van der Waals surface area (Å²) in [4.78, 5) is 24.2. The number of halogens is 1. The Bertz CT molecular complexity index is 547. The summed E-state index contributed by atoms with van der Waals surface area (Å²) in [6, 6.07) is 7.50. The molecule has 0 amide bonds. The summed E-state index contributed by atoms with van der Waals surface area (Å²) in [6.07, 6.45) is 1.74. The highest BCUT2D eigenvalue weighted by atomic mass is 79.9. The van der Waals surface area contributed by atoms with Crippen LogP contribution in [0.4, 0.5) is 5.00 Å². The first-order chi connectivity index (χ1) is 9.64. The predicted molar refractivity (Wildman–Crippen MR) is 90.7 cm³/mol. The molecule has 2 aromatic rings. The van der Waals surface area contributed by atoms with E-state index in [1.54, 1.807) is 17.4 Å². The maximum absolute atomic E-state index is 10.4. The lowest BCUT2D eigenvalue weighted by Gasteiger charge is -2.17. The van der Waals surface area contributed by atoms with Crippen LogP contribution in [-0.4, -0.2) is 25.7 Å². The van der Waals surface area contributed by atoms with Crippen LogP contribution in [0.15, 0.2) is 28.1 Å². The molecule has 0 bridgehead atoms. The number of hydrogen-bond donors (Lipinski definition) is 0. The first-order valence-corrected chi connectivity index (χ1v) is 8.57. The molecule has 0 fully saturated rings. The molecule has 0 aromatic carbocycles. The molecule has 0 saturated carbocycles. The van der Waals surface area contributed by atoms with Crippen LogP contribution >= 0.6 is 38.6 Å². The Morgan fingerprint density at radius 2 is 1.55 bits per heavy atom. The third-order valence-electron chi connectivity index (χ3n) is 2.51. The second-order valence-electron chi connectivity index (χ2n) is 3.73. The van der Waals surface area contributed by atoms with Crippen molar-refractivity contribution in [3.8, 4) is 0 Å². The minimum Gasteiger partial charge on any atom is -0.364 e. The average molecular weight is 374 g/mol. The quantitative estimate of drug-likeness (QED) is 0.710. The Kier molecular flexibility index (Phi) is 7.72. The van der Waals surface area contributed by atoms with Crippen LogP contribution in [-0.2, 0) is 0 Å². The molecular formula is C14H16BrNO2S2. The fourth-order valence-corrected chi connectivity index (χ4v) is 3.69. The second-order valence-corrected chi connectivity index (χ2v) is 7.31. The van der Waals surface area contributed by atoms with Crippen LogP contribution in [0.5, 0.6) is 0 Å². The van der Waals surface area contributed by atoms with E-state index in [0.717, 1.165) is 39.2 Å². The lowest BCUT2D eigenvalue weighted by molar-refractivity contribution is 0.111. The zero-order valence-electron chi connectivity index (χ0n) is 11.3. The maximum Gasteiger partial charge on any atom is 0.160 e. The lowest BCUT2D eigenvalue weighted by atomic mass is 10.4. The highest BCUT2D eigenvalue weighted by Crippen LogP contribution is 2.24. The smallest absolute Gasteiger partial charge is 0.160 e. The molecule has 20 heavy (non-hydrogen) atoms. The Morgan fingerprint density at radius 1 is 1.00 bits per heavy atom. The molecular weight excluding hydrogens is 358 g/mol. The number of carbonyl (C=O) groups is 2. The van der Waals surface area contributed by atoms with Crippen molar-refractivity contribution in [3.63, 3.8) is 0 Å². The number of aldehydes is 2. The van der Waals surface area contributed by atoms with E-state index in [0.29, 0.717) is 0 Å². The van der Waals surface area contributed by atoms with Gasteiger partial charge in [-0.1, -0.05) is 0 Å². The molecule has 0 unspecified atom stereocenters. The van der Waals surface area contributed by atoms with Gasteiger partial charge in [0.25, 0.3) is 0 Å². The molecule has 0 aliphatic rings. The summed E-state index contributed by atoms with van der Waals surface area (Å²) >= 11 is 6.22. The molecule has 2 rings (SSSR count). The summed E-state index contributed by atoms with van der Waals surface area (Å²) in [5.74, 6) is 0. The van der Waals surface area contributed by atoms with Crippen LogP contribution < -0.4 is 4.90 Å². The number of hydrogen-bond acceptors (Lipinski definition) is 5. The van der Waals surface area contributed by atoms with Gasteiger partial charge in [-0.15, -0.1) is 22.7 Å². The molecule has 2 aromatic heterocycles. The van der Waals surface area contributed by atoms with Crippen molar-refractivity contribution in [1.29, 1.82) is 0 Å². The van der Waals surface area contributed by atoms with Gasteiger partial charge in [0.15, 0.2) is 12.6 Å². The van der Waals surface area contributed by atoms with Gasteiger partial charge in [-0.05, 0) is 54.0 Å². The van der Waals surface area contributed by atoms with Crippen LogP contribution in [0.1, 0.15) is 33.2 Å². The molecule has 0 aliphatic heterocycles. The Hall–Kier alpha value is -0.980. The zero-order valence-corrected chi connectivity index (χ0v) is 14.6. The number of anilines is 1. The molecule has 3 nitrogen and oxygen atoms in total. The number of rotatable bonds is 5. The summed E-state index contributed by atoms with van der Waals surface area (Å²) in [5, 5.41) is 1.18. The number of nitrogens with zero attached hydrogens (tertiary/aromatic N) is 1. The minimum absolute atomic E-state index is 0.761. The molecule has 0 radical (unpaired) electrons. The van der Waals surface area contributed by atoms with Crippen molar-refractivity contribution in [2.24, 2.45) is 0 Å². The van der Waals surface area contributed by atoms with Crippen LogP contribution in [0.25, 0.3) is 0 Å². The third-order valence-corrected chi connectivity index (χ3v) is 5.13. The fraction of sp³-hybridized carbons (Fsp3) is 0.286. The predicted octanol–water partition coefficient (Wildman–Crippen LogP) is 4.73. The lowest BCUT2D eigenvalue weighted by Crippen LogP contribution is -2.20. The molecule has 0 spiro atoms.